The molecule has 1 fully saturated rings. The van der Waals surface area contributed by atoms with Gasteiger partial charge in [-0.05, 0) is 45.3 Å². The molecule has 1 unspecified atom stereocenters. The monoisotopic (exact) mass is 269 g/mol. The molecule has 19 heavy (non-hydrogen) atoms. The Morgan fingerprint density at radius 3 is 2.79 bits per heavy atom. The topological polar surface area (TPSA) is 64.6 Å². The van der Waals surface area contributed by atoms with Gasteiger partial charge in [0.15, 0.2) is 0 Å². The molecular weight excluding hydrogens is 242 g/mol. The molecule has 0 aromatic rings. The summed E-state index contributed by atoms with van der Waals surface area (Å²) in [5.74, 6) is 0.655. The van der Waals surface area contributed by atoms with Crippen molar-refractivity contribution in [2.24, 2.45) is 5.92 Å². The fraction of sp³-hybridized carbons (Fsp3) is 0.786. The molecular formula is C14H27N3O2. The molecule has 0 aromatic carbocycles. The van der Waals surface area contributed by atoms with E-state index >= 15 is 0 Å². The summed E-state index contributed by atoms with van der Waals surface area (Å²) in [5, 5.41) is 15.0. The van der Waals surface area contributed by atoms with Crippen LogP contribution in [-0.4, -0.2) is 61.3 Å². The van der Waals surface area contributed by atoms with Crippen molar-refractivity contribution >= 4 is 5.91 Å². The van der Waals surface area contributed by atoms with E-state index in [1.165, 1.54) is 0 Å². The number of aliphatic hydroxyl groups excluding tert-OH is 1. The van der Waals surface area contributed by atoms with Crippen LogP contribution in [0.1, 0.15) is 19.8 Å². The van der Waals surface area contributed by atoms with E-state index in [0.29, 0.717) is 12.5 Å². The van der Waals surface area contributed by atoms with Crippen molar-refractivity contribution in [3.63, 3.8) is 0 Å². The first kappa shape index (κ1) is 16.1. The van der Waals surface area contributed by atoms with E-state index in [-0.39, 0.29) is 18.6 Å². The van der Waals surface area contributed by atoms with Gasteiger partial charge in [0.1, 0.15) is 0 Å². The van der Waals surface area contributed by atoms with E-state index in [0.717, 1.165) is 39.0 Å². The predicted molar refractivity (Wildman–Crippen MR) is 76.9 cm³/mol. The zero-order valence-corrected chi connectivity index (χ0v) is 11.9. The third kappa shape index (κ3) is 6.18. The van der Waals surface area contributed by atoms with E-state index in [2.05, 4.69) is 22.1 Å². The Balaban J connectivity index is 2.15. The van der Waals surface area contributed by atoms with Crippen LogP contribution >= 0.6 is 0 Å². The first-order chi connectivity index (χ1) is 9.17. The Kier molecular flexibility index (Phi) is 7.70. The molecule has 5 nitrogen and oxygen atoms in total. The maximum atomic E-state index is 11.7. The van der Waals surface area contributed by atoms with Gasteiger partial charge < -0.3 is 20.6 Å². The third-order valence-corrected chi connectivity index (χ3v) is 3.65. The highest BCUT2D eigenvalue weighted by Gasteiger charge is 2.20. The molecule has 1 atom stereocenters. The lowest BCUT2D eigenvalue weighted by Crippen LogP contribution is -2.45. The van der Waals surface area contributed by atoms with E-state index in [1.807, 2.05) is 6.92 Å². The minimum atomic E-state index is -0.157. The Hall–Kier alpha value is -0.910. The highest BCUT2D eigenvalue weighted by molar-refractivity contribution is 5.81. The van der Waals surface area contributed by atoms with Crippen molar-refractivity contribution in [1.82, 2.24) is 15.5 Å². The predicted octanol–water partition coefficient (Wildman–Crippen LogP) is -0.0290. The molecule has 1 saturated heterocycles. The lowest BCUT2D eigenvalue weighted by Gasteiger charge is -2.32. The summed E-state index contributed by atoms with van der Waals surface area (Å²) in [6.45, 7) is 9.98. The number of carbonyl (C=O) groups excluding carboxylic acids is 1. The second kappa shape index (κ2) is 9.07. The second-order valence-corrected chi connectivity index (χ2v) is 5.17. The van der Waals surface area contributed by atoms with Gasteiger partial charge in [-0.3, -0.25) is 4.79 Å². The highest BCUT2D eigenvalue weighted by atomic mass is 16.3. The summed E-state index contributed by atoms with van der Waals surface area (Å²) in [7, 11) is 0. The number of amides is 1. The number of nitrogens with zero attached hydrogens (tertiary/aromatic N) is 1. The zero-order valence-electron chi connectivity index (χ0n) is 11.9. The molecule has 0 saturated carbocycles. The number of nitrogens with one attached hydrogen (secondary N) is 2. The maximum Gasteiger partial charge on any atom is 0.237 e. The van der Waals surface area contributed by atoms with Gasteiger partial charge in [0.05, 0.1) is 12.6 Å². The minimum absolute atomic E-state index is 0.0256. The number of piperidine rings is 1. The SMILES string of the molecule is C=CCNC(=O)C(C)NCC1CCN(CCO)CC1. The molecule has 1 rings (SSSR count). The Labute approximate surface area is 116 Å². The molecule has 110 valence electrons. The Morgan fingerprint density at radius 1 is 1.53 bits per heavy atom. The summed E-state index contributed by atoms with van der Waals surface area (Å²) >= 11 is 0. The van der Waals surface area contributed by atoms with Gasteiger partial charge in [-0.1, -0.05) is 6.08 Å². The van der Waals surface area contributed by atoms with Crippen molar-refractivity contribution in [2.75, 3.05) is 39.3 Å². The molecule has 0 spiro atoms. The fourth-order valence-electron chi connectivity index (χ4n) is 2.32. The Bertz CT molecular complexity index is 276. The van der Waals surface area contributed by atoms with Gasteiger partial charge in [-0.15, -0.1) is 6.58 Å². The molecule has 1 amide bonds. The molecule has 0 bridgehead atoms. The molecule has 1 aliphatic heterocycles. The normalized spacial score (nSPS) is 19.1. The minimum Gasteiger partial charge on any atom is -0.395 e. The van der Waals surface area contributed by atoms with Crippen LogP contribution in [0.5, 0.6) is 0 Å². The van der Waals surface area contributed by atoms with Crippen molar-refractivity contribution in [1.29, 1.82) is 0 Å². The van der Waals surface area contributed by atoms with E-state index in [9.17, 15) is 4.79 Å². The fourth-order valence-corrected chi connectivity index (χ4v) is 2.32. The largest absolute Gasteiger partial charge is 0.395 e. The summed E-state index contributed by atoms with van der Waals surface area (Å²) in [5.41, 5.74) is 0. The highest BCUT2D eigenvalue weighted by Crippen LogP contribution is 2.15. The van der Waals surface area contributed by atoms with E-state index in [4.69, 9.17) is 5.11 Å². The summed E-state index contributed by atoms with van der Waals surface area (Å²) < 4.78 is 0. The van der Waals surface area contributed by atoms with Gasteiger partial charge in [-0.25, -0.2) is 0 Å². The molecule has 0 aromatic heterocycles. The van der Waals surface area contributed by atoms with Crippen molar-refractivity contribution in [3.8, 4) is 0 Å². The van der Waals surface area contributed by atoms with Gasteiger partial charge in [-0.2, -0.15) is 0 Å². The summed E-state index contributed by atoms with van der Waals surface area (Å²) in [6, 6.07) is -0.157. The number of rotatable bonds is 8. The smallest absolute Gasteiger partial charge is 0.237 e. The van der Waals surface area contributed by atoms with Crippen LogP contribution in [0, 0.1) is 5.92 Å². The Morgan fingerprint density at radius 2 is 2.21 bits per heavy atom. The van der Waals surface area contributed by atoms with Crippen LogP contribution in [0.2, 0.25) is 0 Å². The third-order valence-electron chi connectivity index (χ3n) is 3.65. The van der Waals surface area contributed by atoms with Gasteiger partial charge >= 0.3 is 0 Å². The maximum absolute atomic E-state index is 11.7. The van der Waals surface area contributed by atoms with E-state index < -0.39 is 0 Å². The van der Waals surface area contributed by atoms with Gasteiger partial charge in [0.2, 0.25) is 5.91 Å². The van der Waals surface area contributed by atoms with Crippen LogP contribution in [0.3, 0.4) is 0 Å². The number of carbonyl (C=O) groups is 1. The second-order valence-electron chi connectivity index (χ2n) is 5.17. The van der Waals surface area contributed by atoms with Crippen LogP contribution in [-0.2, 0) is 4.79 Å². The average molecular weight is 269 g/mol. The van der Waals surface area contributed by atoms with Crippen molar-refractivity contribution in [2.45, 2.75) is 25.8 Å². The van der Waals surface area contributed by atoms with Crippen LogP contribution in [0.25, 0.3) is 0 Å². The first-order valence-electron chi connectivity index (χ1n) is 7.12. The van der Waals surface area contributed by atoms with Crippen LogP contribution < -0.4 is 10.6 Å². The molecule has 1 aliphatic rings. The summed E-state index contributed by atoms with van der Waals surface area (Å²) in [4.78, 5) is 13.9. The summed E-state index contributed by atoms with van der Waals surface area (Å²) in [6.07, 6.45) is 3.95. The standard InChI is InChI=1S/C14H27N3O2/c1-3-6-15-14(19)12(2)16-11-13-4-7-17(8-5-13)9-10-18/h3,12-13,16,18H,1,4-11H2,2H3,(H,15,19). The number of aliphatic hydroxyl groups is 1. The lowest BCUT2D eigenvalue weighted by molar-refractivity contribution is -0.122. The molecule has 1 heterocycles. The molecule has 0 aliphatic carbocycles. The lowest BCUT2D eigenvalue weighted by atomic mass is 9.96. The van der Waals surface area contributed by atoms with Crippen LogP contribution in [0.15, 0.2) is 12.7 Å². The van der Waals surface area contributed by atoms with Crippen molar-refractivity contribution < 1.29 is 9.90 Å². The van der Waals surface area contributed by atoms with Gasteiger partial charge in [0, 0.05) is 13.1 Å². The first-order valence-corrected chi connectivity index (χ1v) is 7.12. The molecule has 0 radical (unpaired) electrons. The van der Waals surface area contributed by atoms with Crippen LogP contribution in [0.4, 0.5) is 0 Å². The average Bonchev–Trinajstić information content (AvgIpc) is 2.44. The number of hydrogen-bond acceptors (Lipinski definition) is 4. The number of hydrogen-bond donors (Lipinski definition) is 3. The number of likely N-dealkylation sites (tertiary alicyclic amines) is 1. The van der Waals surface area contributed by atoms with Gasteiger partial charge in [0.25, 0.3) is 0 Å². The van der Waals surface area contributed by atoms with Crippen molar-refractivity contribution in [3.05, 3.63) is 12.7 Å². The molecule has 5 heteroatoms. The van der Waals surface area contributed by atoms with E-state index in [1.54, 1.807) is 6.08 Å². The quantitative estimate of drug-likeness (QED) is 0.542. The number of β-amino-alcohol motifs (C(OH)–C–C–N with tert-alkyl or cyclic N) is 1. The molecule has 3 N–H and O–H groups in total. The zero-order chi connectivity index (χ0) is 14.1.